The van der Waals surface area contributed by atoms with Crippen molar-refractivity contribution >= 4 is 27.7 Å². The summed E-state index contributed by atoms with van der Waals surface area (Å²) >= 11 is 1.84. The number of phenols is 1. The van der Waals surface area contributed by atoms with Gasteiger partial charge in [-0.3, -0.25) is 0 Å². The number of phenolic OH excluding ortho intramolecular Hbond substituents is 1. The summed E-state index contributed by atoms with van der Waals surface area (Å²) in [6.07, 6.45) is 1.89. The Morgan fingerprint density at radius 3 is 2.43 bits per heavy atom. The molecule has 0 spiro atoms. The molecule has 4 rings (SSSR count). The minimum atomic E-state index is 0.316. The maximum absolute atomic E-state index is 9.40. The largest absolute Gasteiger partial charge is 0.508 e. The lowest BCUT2D eigenvalue weighted by molar-refractivity contribution is 0.475. The van der Waals surface area contributed by atoms with E-state index in [2.05, 4.69) is 21.2 Å². The zero-order valence-corrected chi connectivity index (χ0v) is 13.6. The summed E-state index contributed by atoms with van der Waals surface area (Å²) in [5.74, 6) is 0.316. The Balaban J connectivity index is 1.46. The number of nitrogens with one attached hydrogen (secondary N) is 1. The average Bonchev–Trinajstić information content (AvgIpc) is 3.01. The van der Waals surface area contributed by atoms with Gasteiger partial charge in [-0.2, -0.15) is 0 Å². The molecule has 1 saturated heterocycles. The molecule has 3 heterocycles. The number of thiophene rings is 1. The first-order valence-electron chi connectivity index (χ1n) is 7.82. The molecule has 1 aromatic carbocycles. The lowest BCUT2D eigenvalue weighted by atomic mass is 10.1. The second kappa shape index (κ2) is 5.70. The van der Waals surface area contributed by atoms with Gasteiger partial charge in [-0.25, -0.2) is 0 Å². The maximum Gasteiger partial charge on any atom is 0.115 e. The molecule has 6 heteroatoms. The number of piperazine rings is 1. The number of aromatic hydroxyl groups is 1. The highest BCUT2D eigenvalue weighted by Crippen LogP contribution is 2.35. The normalized spacial score (nSPS) is 17.5. The Bertz CT molecular complexity index is 730. The molecule has 0 aliphatic carbocycles. The van der Waals surface area contributed by atoms with Crippen molar-refractivity contribution in [1.82, 2.24) is 5.32 Å². The summed E-state index contributed by atoms with van der Waals surface area (Å²) < 4.78 is 0. The van der Waals surface area contributed by atoms with Gasteiger partial charge in [-0.15, -0.1) is 11.3 Å². The molecule has 0 amide bonds. The molecular weight excluding hydrogens is 308 g/mol. The van der Waals surface area contributed by atoms with E-state index in [1.54, 1.807) is 12.1 Å². The van der Waals surface area contributed by atoms with E-state index in [9.17, 15) is 5.11 Å². The Labute approximate surface area is 139 Å². The van der Waals surface area contributed by atoms with Crippen molar-refractivity contribution in [2.45, 2.75) is 6.54 Å². The van der Waals surface area contributed by atoms with Crippen molar-refractivity contribution in [1.29, 1.82) is 0 Å². The SMILES string of the molecule is NC1=CNCc2sc(N3CCN(c4ccc(O)cc4)CC3)cc21. The first-order chi connectivity index (χ1) is 11.2. The Morgan fingerprint density at radius 2 is 1.74 bits per heavy atom. The number of rotatable bonds is 2. The smallest absolute Gasteiger partial charge is 0.115 e. The molecule has 4 N–H and O–H groups in total. The number of benzene rings is 1. The summed E-state index contributed by atoms with van der Waals surface area (Å²) in [7, 11) is 0. The Kier molecular flexibility index (Phi) is 3.53. The molecule has 0 atom stereocenters. The lowest BCUT2D eigenvalue weighted by Gasteiger charge is -2.36. The van der Waals surface area contributed by atoms with Gasteiger partial charge < -0.3 is 26.0 Å². The van der Waals surface area contributed by atoms with Gasteiger partial charge >= 0.3 is 0 Å². The van der Waals surface area contributed by atoms with Crippen LogP contribution in [0.15, 0.2) is 36.5 Å². The summed E-state index contributed by atoms with van der Waals surface area (Å²) in [6.45, 7) is 4.83. The average molecular weight is 328 g/mol. The van der Waals surface area contributed by atoms with Crippen LogP contribution in [0.25, 0.3) is 5.70 Å². The van der Waals surface area contributed by atoms with Crippen LogP contribution in [0.4, 0.5) is 10.7 Å². The summed E-state index contributed by atoms with van der Waals surface area (Å²) in [5.41, 5.74) is 9.24. The third kappa shape index (κ3) is 2.70. The van der Waals surface area contributed by atoms with Crippen molar-refractivity contribution in [3.63, 3.8) is 0 Å². The minimum Gasteiger partial charge on any atom is -0.508 e. The molecule has 2 aromatic rings. The van der Waals surface area contributed by atoms with E-state index < -0.39 is 0 Å². The van der Waals surface area contributed by atoms with Crippen molar-refractivity contribution in [3.8, 4) is 5.75 Å². The van der Waals surface area contributed by atoms with Crippen LogP contribution in [-0.2, 0) is 6.54 Å². The van der Waals surface area contributed by atoms with Gasteiger partial charge in [0.05, 0.1) is 10.7 Å². The molecule has 0 bridgehead atoms. The summed E-state index contributed by atoms with van der Waals surface area (Å²) in [5, 5.41) is 13.9. The second-order valence-electron chi connectivity index (χ2n) is 5.89. The number of nitrogens with two attached hydrogens (primary N) is 1. The molecule has 5 nitrogen and oxygen atoms in total. The number of hydrogen-bond acceptors (Lipinski definition) is 6. The van der Waals surface area contributed by atoms with Crippen molar-refractivity contribution in [2.75, 3.05) is 36.0 Å². The van der Waals surface area contributed by atoms with Gasteiger partial charge in [-0.1, -0.05) is 0 Å². The summed E-state index contributed by atoms with van der Waals surface area (Å²) in [6, 6.07) is 9.68. The van der Waals surface area contributed by atoms with Gasteiger partial charge in [0, 0.05) is 55.1 Å². The zero-order chi connectivity index (χ0) is 15.8. The Hall–Kier alpha value is -2.34. The van der Waals surface area contributed by atoms with Crippen LogP contribution < -0.4 is 20.9 Å². The highest BCUT2D eigenvalue weighted by atomic mass is 32.1. The van der Waals surface area contributed by atoms with Crippen molar-refractivity contribution in [3.05, 3.63) is 47.0 Å². The molecule has 120 valence electrons. The predicted molar refractivity (Wildman–Crippen MR) is 95.9 cm³/mol. The van der Waals surface area contributed by atoms with E-state index in [0.29, 0.717) is 5.75 Å². The highest BCUT2D eigenvalue weighted by molar-refractivity contribution is 7.16. The third-order valence-corrected chi connectivity index (χ3v) is 5.63. The zero-order valence-electron chi connectivity index (χ0n) is 12.8. The van der Waals surface area contributed by atoms with Gasteiger partial charge in [0.2, 0.25) is 0 Å². The first kappa shape index (κ1) is 14.3. The van der Waals surface area contributed by atoms with Crippen LogP contribution in [0.1, 0.15) is 10.4 Å². The topological polar surface area (TPSA) is 64.8 Å². The van der Waals surface area contributed by atoms with Gasteiger partial charge in [0.15, 0.2) is 0 Å². The minimum absolute atomic E-state index is 0.316. The predicted octanol–water partition coefficient (Wildman–Crippen LogP) is 2.14. The monoisotopic (exact) mass is 328 g/mol. The fourth-order valence-corrected chi connectivity index (χ4v) is 4.31. The first-order valence-corrected chi connectivity index (χ1v) is 8.63. The molecular formula is C17H20N4OS. The third-order valence-electron chi connectivity index (χ3n) is 4.43. The molecule has 0 saturated carbocycles. The molecule has 23 heavy (non-hydrogen) atoms. The van der Waals surface area contributed by atoms with Crippen LogP contribution in [0, 0.1) is 0 Å². The van der Waals surface area contributed by atoms with E-state index in [1.807, 2.05) is 29.7 Å². The Morgan fingerprint density at radius 1 is 1.04 bits per heavy atom. The molecule has 0 unspecified atom stereocenters. The molecule has 2 aliphatic heterocycles. The number of nitrogens with zero attached hydrogens (tertiary/aromatic N) is 2. The van der Waals surface area contributed by atoms with Crippen LogP contribution in [-0.4, -0.2) is 31.3 Å². The molecule has 1 fully saturated rings. The lowest BCUT2D eigenvalue weighted by Crippen LogP contribution is -2.46. The van der Waals surface area contributed by atoms with Gasteiger partial charge in [0.1, 0.15) is 5.75 Å². The van der Waals surface area contributed by atoms with Crippen molar-refractivity contribution < 1.29 is 5.11 Å². The molecule has 2 aliphatic rings. The van der Waals surface area contributed by atoms with E-state index in [4.69, 9.17) is 5.73 Å². The second-order valence-corrected chi connectivity index (χ2v) is 7.01. The number of anilines is 2. The van der Waals surface area contributed by atoms with E-state index >= 15 is 0 Å². The van der Waals surface area contributed by atoms with Gasteiger partial charge in [-0.05, 0) is 30.3 Å². The maximum atomic E-state index is 9.40. The highest BCUT2D eigenvalue weighted by Gasteiger charge is 2.22. The van der Waals surface area contributed by atoms with Gasteiger partial charge in [0.25, 0.3) is 0 Å². The van der Waals surface area contributed by atoms with Crippen LogP contribution in [0.2, 0.25) is 0 Å². The molecule has 0 radical (unpaired) electrons. The number of fused-ring (bicyclic) bond motifs is 1. The summed E-state index contributed by atoms with van der Waals surface area (Å²) in [4.78, 5) is 6.12. The number of hydrogen-bond donors (Lipinski definition) is 3. The fraction of sp³-hybridized carbons (Fsp3) is 0.294. The van der Waals surface area contributed by atoms with Crippen LogP contribution in [0.5, 0.6) is 5.75 Å². The van der Waals surface area contributed by atoms with Crippen molar-refractivity contribution in [2.24, 2.45) is 5.73 Å². The molecule has 1 aromatic heterocycles. The van der Waals surface area contributed by atoms with E-state index in [0.717, 1.165) is 38.4 Å². The fourth-order valence-electron chi connectivity index (χ4n) is 3.13. The van der Waals surface area contributed by atoms with E-state index in [-0.39, 0.29) is 0 Å². The van der Waals surface area contributed by atoms with Crippen LogP contribution in [0.3, 0.4) is 0 Å². The quantitative estimate of drug-likeness (QED) is 0.788. The van der Waals surface area contributed by atoms with Crippen LogP contribution >= 0.6 is 11.3 Å². The standard InChI is InChI=1S/C17H20N4OS/c18-15-10-19-11-16-14(15)9-17(23-16)21-7-5-20(6-8-21)12-1-3-13(22)4-2-12/h1-4,9-10,19,22H,5-8,11,18H2. The van der Waals surface area contributed by atoms with E-state index in [1.165, 1.54) is 21.1 Å².